The van der Waals surface area contributed by atoms with E-state index in [1.165, 1.54) is 44.9 Å². The third-order valence-corrected chi connectivity index (χ3v) is 4.78. The number of nitrogens with zero attached hydrogens (tertiary/aromatic N) is 1. The average molecular weight is 266 g/mol. The zero-order valence-corrected chi connectivity index (χ0v) is 12.5. The molecule has 1 heterocycles. The van der Waals surface area contributed by atoms with E-state index in [1.54, 1.807) is 0 Å². The number of nitrogens with one attached hydrogen (secondary N) is 1. The molecular formula is C16H30N2O. The molecule has 2 aliphatic rings. The van der Waals surface area contributed by atoms with Crippen LogP contribution in [-0.2, 0) is 4.79 Å². The molecule has 19 heavy (non-hydrogen) atoms. The van der Waals surface area contributed by atoms with Gasteiger partial charge in [-0.05, 0) is 45.2 Å². The van der Waals surface area contributed by atoms with Gasteiger partial charge in [0, 0.05) is 13.1 Å². The maximum atomic E-state index is 12.2. The Labute approximate surface area is 118 Å². The third kappa shape index (κ3) is 5.13. The van der Waals surface area contributed by atoms with Crippen LogP contribution in [0.1, 0.15) is 57.8 Å². The van der Waals surface area contributed by atoms with Gasteiger partial charge in [-0.1, -0.05) is 32.1 Å². The van der Waals surface area contributed by atoms with E-state index >= 15 is 0 Å². The second-order valence-electron chi connectivity index (χ2n) is 6.56. The van der Waals surface area contributed by atoms with Crippen molar-refractivity contribution in [2.45, 2.75) is 57.8 Å². The fraction of sp³-hybridized carbons (Fsp3) is 0.938. The normalized spacial score (nSPS) is 27.5. The number of hydrogen-bond donors (Lipinski definition) is 1. The Bertz CT molecular complexity index is 272. The third-order valence-electron chi connectivity index (χ3n) is 4.78. The predicted molar refractivity (Wildman–Crippen MR) is 79.0 cm³/mol. The lowest BCUT2D eigenvalue weighted by Crippen LogP contribution is -2.42. The molecule has 110 valence electrons. The molecule has 1 aliphatic carbocycles. The first-order valence-electron chi connectivity index (χ1n) is 8.22. The second-order valence-corrected chi connectivity index (χ2v) is 6.56. The van der Waals surface area contributed by atoms with E-state index in [9.17, 15) is 4.79 Å². The molecule has 1 saturated heterocycles. The van der Waals surface area contributed by atoms with Crippen molar-refractivity contribution in [3.63, 3.8) is 0 Å². The number of amides is 1. The molecule has 0 spiro atoms. The summed E-state index contributed by atoms with van der Waals surface area (Å²) in [6.45, 7) is 3.00. The van der Waals surface area contributed by atoms with Crippen LogP contribution in [0, 0.1) is 11.8 Å². The summed E-state index contributed by atoms with van der Waals surface area (Å²) in [6, 6.07) is 0. The van der Waals surface area contributed by atoms with Gasteiger partial charge < -0.3 is 10.2 Å². The van der Waals surface area contributed by atoms with Crippen LogP contribution in [0.15, 0.2) is 0 Å². The van der Waals surface area contributed by atoms with E-state index in [0.29, 0.717) is 5.91 Å². The highest BCUT2D eigenvalue weighted by Crippen LogP contribution is 2.22. The van der Waals surface area contributed by atoms with Gasteiger partial charge in [0.1, 0.15) is 0 Å². The van der Waals surface area contributed by atoms with E-state index in [1.807, 2.05) is 0 Å². The summed E-state index contributed by atoms with van der Waals surface area (Å²) in [5.41, 5.74) is 0. The minimum Gasteiger partial charge on any atom is -0.356 e. The number of rotatable bonds is 3. The SMILES string of the molecule is CN1CCCC(C(=O)NCC2CCCCCCC2)C1. The summed E-state index contributed by atoms with van der Waals surface area (Å²) in [5.74, 6) is 1.26. The van der Waals surface area contributed by atoms with Crippen molar-refractivity contribution < 1.29 is 4.79 Å². The molecule has 0 aromatic rings. The van der Waals surface area contributed by atoms with Crippen molar-refractivity contribution in [1.82, 2.24) is 10.2 Å². The first kappa shape index (κ1) is 14.8. The molecule has 0 radical (unpaired) electrons. The zero-order valence-electron chi connectivity index (χ0n) is 12.5. The summed E-state index contributed by atoms with van der Waals surface area (Å²) in [6.07, 6.45) is 11.7. The molecule has 1 saturated carbocycles. The molecule has 2 fully saturated rings. The van der Waals surface area contributed by atoms with Crippen LogP contribution in [0.2, 0.25) is 0 Å². The summed E-state index contributed by atoms with van der Waals surface area (Å²) in [4.78, 5) is 14.5. The highest BCUT2D eigenvalue weighted by atomic mass is 16.1. The molecule has 2 rings (SSSR count). The van der Waals surface area contributed by atoms with Gasteiger partial charge in [0.15, 0.2) is 0 Å². The van der Waals surface area contributed by atoms with Crippen molar-refractivity contribution >= 4 is 5.91 Å². The lowest BCUT2D eigenvalue weighted by molar-refractivity contribution is -0.126. The van der Waals surface area contributed by atoms with Crippen molar-refractivity contribution in [1.29, 1.82) is 0 Å². The van der Waals surface area contributed by atoms with E-state index in [2.05, 4.69) is 17.3 Å². The van der Waals surface area contributed by atoms with Crippen LogP contribution < -0.4 is 5.32 Å². The Morgan fingerprint density at radius 2 is 1.74 bits per heavy atom. The van der Waals surface area contributed by atoms with Gasteiger partial charge in [0.25, 0.3) is 0 Å². The smallest absolute Gasteiger partial charge is 0.224 e. The van der Waals surface area contributed by atoms with E-state index in [0.717, 1.165) is 38.4 Å². The first-order valence-corrected chi connectivity index (χ1v) is 8.22. The number of carbonyl (C=O) groups excluding carboxylic acids is 1. The largest absolute Gasteiger partial charge is 0.356 e. The standard InChI is InChI=1S/C16H30N2O/c1-18-11-7-10-15(13-18)16(19)17-12-14-8-5-3-2-4-6-9-14/h14-15H,2-13H2,1H3,(H,17,19). The Balaban J connectivity index is 1.69. The number of carbonyl (C=O) groups is 1. The summed E-state index contributed by atoms with van der Waals surface area (Å²) in [5, 5.41) is 3.23. The van der Waals surface area contributed by atoms with Gasteiger partial charge in [0.05, 0.1) is 5.92 Å². The lowest BCUT2D eigenvalue weighted by Gasteiger charge is -2.29. The molecule has 1 unspecified atom stereocenters. The predicted octanol–water partition coefficient (Wildman–Crippen LogP) is 2.80. The fourth-order valence-corrected chi connectivity index (χ4v) is 3.51. The van der Waals surface area contributed by atoms with Crippen molar-refractivity contribution in [3.05, 3.63) is 0 Å². The molecular weight excluding hydrogens is 236 g/mol. The van der Waals surface area contributed by atoms with Crippen LogP contribution in [0.3, 0.4) is 0 Å². The number of hydrogen-bond acceptors (Lipinski definition) is 2. The minimum absolute atomic E-state index is 0.229. The highest BCUT2D eigenvalue weighted by molar-refractivity contribution is 5.78. The molecule has 1 amide bonds. The maximum absolute atomic E-state index is 12.2. The Kier molecular flexibility index (Phi) is 6.15. The number of piperidine rings is 1. The summed E-state index contributed by atoms with van der Waals surface area (Å²) in [7, 11) is 2.12. The first-order chi connectivity index (χ1) is 9.25. The molecule has 1 N–H and O–H groups in total. The molecule has 0 bridgehead atoms. The van der Waals surface area contributed by atoms with Crippen molar-refractivity contribution in [3.8, 4) is 0 Å². The van der Waals surface area contributed by atoms with Crippen LogP contribution in [0.5, 0.6) is 0 Å². The van der Waals surface area contributed by atoms with Gasteiger partial charge in [-0.25, -0.2) is 0 Å². The second kappa shape index (κ2) is 7.88. The summed E-state index contributed by atoms with van der Waals surface area (Å²) >= 11 is 0. The van der Waals surface area contributed by atoms with E-state index < -0.39 is 0 Å². The van der Waals surface area contributed by atoms with Crippen LogP contribution in [0.4, 0.5) is 0 Å². The van der Waals surface area contributed by atoms with Gasteiger partial charge in [-0.2, -0.15) is 0 Å². The van der Waals surface area contributed by atoms with Crippen LogP contribution in [0.25, 0.3) is 0 Å². The Morgan fingerprint density at radius 3 is 2.42 bits per heavy atom. The van der Waals surface area contributed by atoms with E-state index in [-0.39, 0.29) is 5.92 Å². The highest BCUT2D eigenvalue weighted by Gasteiger charge is 2.24. The van der Waals surface area contributed by atoms with Gasteiger partial charge in [-0.3, -0.25) is 4.79 Å². The quantitative estimate of drug-likeness (QED) is 0.852. The summed E-state index contributed by atoms with van der Waals surface area (Å²) < 4.78 is 0. The zero-order chi connectivity index (χ0) is 13.5. The van der Waals surface area contributed by atoms with Crippen LogP contribution in [-0.4, -0.2) is 37.5 Å². The molecule has 0 aromatic heterocycles. The Morgan fingerprint density at radius 1 is 1.05 bits per heavy atom. The van der Waals surface area contributed by atoms with E-state index in [4.69, 9.17) is 0 Å². The van der Waals surface area contributed by atoms with Gasteiger partial charge in [-0.15, -0.1) is 0 Å². The van der Waals surface area contributed by atoms with Crippen molar-refractivity contribution in [2.75, 3.05) is 26.7 Å². The maximum Gasteiger partial charge on any atom is 0.224 e. The van der Waals surface area contributed by atoms with Crippen molar-refractivity contribution in [2.24, 2.45) is 11.8 Å². The Hall–Kier alpha value is -0.570. The topological polar surface area (TPSA) is 32.3 Å². The molecule has 1 aliphatic heterocycles. The van der Waals surface area contributed by atoms with Gasteiger partial charge in [0.2, 0.25) is 5.91 Å². The minimum atomic E-state index is 0.229. The fourth-order valence-electron chi connectivity index (χ4n) is 3.51. The average Bonchev–Trinajstić information content (AvgIpc) is 2.37. The molecule has 3 nitrogen and oxygen atoms in total. The lowest BCUT2D eigenvalue weighted by atomic mass is 9.90. The monoisotopic (exact) mass is 266 g/mol. The molecule has 3 heteroatoms. The van der Waals surface area contributed by atoms with Gasteiger partial charge >= 0.3 is 0 Å². The molecule has 1 atom stereocenters. The number of likely N-dealkylation sites (tertiary alicyclic amines) is 1. The van der Waals surface area contributed by atoms with Crippen LogP contribution >= 0.6 is 0 Å². The molecule has 0 aromatic carbocycles.